The maximum Gasteiger partial charge on any atom is 0.124 e. The minimum absolute atomic E-state index is 0.524. The molecule has 0 aliphatic rings. The number of nitrogen functional groups attached to an aromatic ring is 1. The number of rotatable bonds is 3. The second kappa shape index (κ2) is 6.51. The zero-order valence-electron chi connectivity index (χ0n) is 14.2. The molecule has 4 nitrogen and oxygen atoms in total. The minimum Gasteiger partial charge on any atom is -0.399 e. The summed E-state index contributed by atoms with van der Waals surface area (Å²) in [6, 6.07) is 21.8. The topological polar surface area (TPSA) is 74.7 Å². The molecule has 0 amide bonds. The van der Waals surface area contributed by atoms with Gasteiger partial charge in [-0.25, -0.2) is 4.98 Å². The minimum atomic E-state index is 0.524. The lowest BCUT2D eigenvalue weighted by atomic mass is 10.1. The van der Waals surface area contributed by atoms with Gasteiger partial charge < -0.3 is 11.1 Å². The first-order valence-corrected chi connectivity index (χ1v) is 8.98. The van der Waals surface area contributed by atoms with Crippen molar-refractivity contribution in [1.29, 1.82) is 5.26 Å². The van der Waals surface area contributed by atoms with Crippen LogP contribution >= 0.6 is 11.3 Å². The van der Waals surface area contributed by atoms with Crippen LogP contribution in [-0.2, 0) is 0 Å². The van der Waals surface area contributed by atoms with E-state index in [0.29, 0.717) is 11.3 Å². The Kier molecular flexibility index (Phi) is 4.04. The van der Waals surface area contributed by atoms with Gasteiger partial charge in [0.25, 0.3) is 0 Å². The van der Waals surface area contributed by atoms with Gasteiger partial charge in [-0.1, -0.05) is 6.07 Å². The van der Waals surface area contributed by atoms with Crippen LogP contribution in [0.15, 0.2) is 60.7 Å². The van der Waals surface area contributed by atoms with Crippen molar-refractivity contribution in [2.45, 2.75) is 6.92 Å². The number of nitriles is 1. The van der Waals surface area contributed by atoms with Gasteiger partial charge in [-0.15, -0.1) is 11.3 Å². The Labute approximate surface area is 155 Å². The maximum atomic E-state index is 9.25. The van der Waals surface area contributed by atoms with Crippen molar-refractivity contribution in [2.75, 3.05) is 11.1 Å². The highest BCUT2D eigenvalue weighted by molar-refractivity contribution is 7.21. The van der Waals surface area contributed by atoms with E-state index in [1.807, 2.05) is 30.3 Å². The number of thiazole rings is 1. The largest absolute Gasteiger partial charge is 0.399 e. The van der Waals surface area contributed by atoms with Gasteiger partial charge in [-0.3, -0.25) is 0 Å². The number of nitrogens with two attached hydrogens (primary N) is 1. The second-order valence-corrected chi connectivity index (χ2v) is 7.14. The van der Waals surface area contributed by atoms with Gasteiger partial charge in [-0.2, -0.15) is 5.26 Å². The molecule has 4 rings (SSSR count). The van der Waals surface area contributed by atoms with Crippen LogP contribution < -0.4 is 11.1 Å². The number of nitrogens with one attached hydrogen (secondary N) is 1. The molecule has 0 unspecified atom stereocenters. The molecule has 3 N–H and O–H groups in total. The van der Waals surface area contributed by atoms with Crippen LogP contribution in [0.4, 0.5) is 17.1 Å². The normalized spacial score (nSPS) is 10.6. The summed E-state index contributed by atoms with van der Waals surface area (Å²) in [5, 5.41) is 13.5. The number of anilines is 3. The monoisotopic (exact) mass is 356 g/mol. The van der Waals surface area contributed by atoms with Crippen molar-refractivity contribution in [3.63, 3.8) is 0 Å². The average Bonchev–Trinajstić information content (AvgIpc) is 3.07. The average molecular weight is 356 g/mol. The first kappa shape index (κ1) is 16.1. The van der Waals surface area contributed by atoms with Crippen molar-refractivity contribution in [2.24, 2.45) is 0 Å². The summed E-state index contributed by atoms with van der Waals surface area (Å²) in [6.07, 6.45) is 0. The molecule has 1 aromatic heterocycles. The van der Waals surface area contributed by atoms with E-state index in [2.05, 4.69) is 36.5 Å². The molecule has 126 valence electrons. The summed E-state index contributed by atoms with van der Waals surface area (Å²) < 4.78 is 1.20. The molecule has 26 heavy (non-hydrogen) atoms. The van der Waals surface area contributed by atoms with Gasteiger partial charge in [0.1, 0.15) is 11.1 Å². The number of hydrogen-bond donors (Lipinski definition) is 2. The molecule has 0 aliphatic carbocycles. The maximum absolute atomic E-state index is 9.25. The predicted octanol–water partition coefficient (Wildman–Crippen LogP) is 5.47. The van der Waals surface area contributed by atoms with E-state index in [0.717, 1.165) is 27.5 Å². The van der Waals surface area contributed by atoms with E-state index in [4.69, 9.17) is 10.7 Å². The third kappa shape index (κ3) is 3.10. The molecule has 0 saturated carbocycles. The van der Waals surface area contributed by atoms with E-state index in [1.165, 1.54) is 10.3 Å². The summed E-state index contributed by atoms with van der Waals surface area (Å²) in [7, 11) is 0. The van der Waals surface area contributed by atoms with Crippen LogP contribution in [0.2, 0.25) is 0 Å². The summed E-state index contributed by atoms with van der Waals surface area (Å²) in [6.45, 7) is 2.09. The highest BCUT2D eigenvalue weighted by Gasteiger charge is 2.07. The van der Waals surface area contributed by atoms with Crippen molar-refractivity contribution < 1.29 is 0 Å². The molecule has 4 aromatic rings. The Morgan fingerprint density at radius 2 is 1.85 bits per heavy atom. The SMILES string of the molecule is Cc1ccc2nc(-c3ccc(Nc4ccc(N)cc4C#N)cc3)sc2c1. The second-order valence-electron chi connectivity index (χ2n) is 6.11. The van der Waals surface area contributed by atoms with E-state index in [1.54, 1.807) is 23.5 Å². The van der Waals surface area contributed by atoms with E-state index < -0.39 is 0 Å². The Morgan fingerprint density at radius 1 is 1.04 bits per heavy atom. The third-order valence-corrected chi connectivity index (χ3v) is 5.19. The Hall–Kier alpha value is -3.36. The van der Waals surface area contributed by atoms with E-state index >= 15 is 0 Å². The lowest BCUT2D eigenvalue weighted by Gasteiger charge is -2.09. The Bertz CT molecular complexity index is 1140. The molecule has 5 heteroatoms. The fraction of sp³-hybridized carbons (Fsp3) is 0.0476. The lowest BCUT2D eigenvalue weighted by molar-refractivity contribution is 1.44. The van der Waals surface area contributed by atoms with Crippen LogP contribution in [0.1, 0.15) is 11.1 Å². The van der Waals surface area contributed by atoms with Gasteiger partial charge in [0.15, 0.2) is 0 Å². The molecular weight excluding hydrogens is 340 g/mol. The first-order chi connectivity index (χ1) is 12.6. The number of benzene rings is 3. The van der Waals surface area contributed by atoms with E-state index in [-0.39, 0.29) is 0 Å². The summed E-state index contributed by atoms with van der Waals surface area (Å²) in [5.41, 5.74) is 11.8. The molecular formula is C21H16N4S. The van der Waals surface area contributed by atoms with Crippen LogP contribution in [0, 0.1) is 18.3 Å². The zero-order chi connectivity index (χ0) is 18.1. The third-order valence-electron chi connectivity index (χ3n) is 4.12. The Balaban J connectivity index is 1.61. The lowest BCUT2D eigenvalue weighted by Crippen LogP contribution is -1.95. The highest BCUT2D eigenvalue weighted by Crippen LogP contribution is 2.32. The summed E-state index contributed by atoms with van der Waals surface area (Å²) in [5.74, 6) is 0. The molecule has 0 spiro atoms. The summed E-state index contributed by atoms with van der Waals surface area (Å²) >= 11 is 1.69. The van der Waals surface area contributed by atoms with Crippen molar-refractivity contribution in [3.05, 3.63) is 71.8 Å². The molecule has 3 aromatic carbocycles. The number of hydrogen-bond acceptors (Lipinski definition) is 5. The Morgan fingerprint density at radius 3 is 2.62 bits per heavy atom. The van der Waals surface area contributed by atoms with Gasteiger partial charge in [-0.05, 0) is 67.1 Å². The van der Waals surface area contributed by atoms with E-state index in [9.17, 15) is 5.26 Å². The summed E-state index contributed by atoms with van der Waals surface area (Å²) in [4.78, 5) is 4.72. The fourth-order valence-electron chi connectivity index (χ4n) is 2.77. The van der Waals surface area contributed by atoms with Gasteiger partial charge in [0.2, 0.25) is 0 Å². The molecule has 0 atom stereocenters. The molecule has 0 fully saturated rings. The van der Waals surface area contributed by atoms with Crippen LogP contribution in [-0.4, -0.2) is 4.98 Å². The molecule has 0 bridgehead atoms. The van der Waals surface area contributed by atoms with Crippen LogP contribution in [0.25, 0.3) is 20.8 Å². The van der Waals surface area contributed by atoms with Crippen molar-refractivity contribution in [1.82, 2.24) is 4.98 Å². The number of fused-ring (bicyclic) bond motifs is 1. The first-order valence-electron chi connectivity index (χ1n) is 8.17. The number of aryl methyl sites for hydroxylation is 1. The molecule has 0 aliphatic heterocycles. The zero-order valence-corrected chi connectivity index (χ0v) is 15.0. The van der Waals surface area contributed by atoms with Crippen LogP contribution in [0.5, 0.6) is 0 Å². The van der Waals surface area contributed by atoms with Gasteiger partial charge in [0, 0.05) is 16.9 Å². The van der Waals surface area contributed by atoms with Crippen LogP contribution in [0.3, 0.4) is 0 Å². The highest BCUT2D eigenvalue weighted by atomic mass is 32.1. The van der Waals surface area contributed by atoms with Gasteiger partial charge >= 0.3 is 0 Å². The fourth-order valence-corrected chi connectivity index (χ4v) is 3.84. The number of aromatic nitrogens is 1. The van der Waals surface area contributed by atoms with Gasteiger partial charge in [0.05, 0.1) is 21.5 Å². The molecule has 1 heterocycles. The standard InChI is InChI=1S/C21H16N4S/c1-13-2-8-19-20(10-13)26-21(25-19)14-3-6-17(7-4-14)24-18-9-5-16(23)11-15(18)12-22/h2-11,24H,23H2,1H3. The molecule has 0 radical (unpaired) electrons. The van der Waals surface area contributed by atoms with Crippen molar-refractivity contribution >= 4 is 38.6 Å². The quantitative estimate of drug-likeness (QED) is 0.477. The molecule has 0 saturated heterocycles. The van der Waals surface area contributed by atoms with Crippen molar-refractivity contribution in [3.8, 4) is 16.6 Å². The predicted molar refractivity (Wildman–Crippen MR) is 109 cm³/mol. The number of nitrogens with zero attached hydrogens (tertiary/aromatic N) is 2. The smallest absolute Gasteiger partial charge is 0.124 e.